The number of benzene rings is 2. The maximum atomic E-state index is 3.79. The second-order valence-corrected chi connectivity index (χ2v) is 6.33. The fraction of sp³-hybridized carbons (Fsp3) is 0.250. The third-order valence-corrected chi connectivity index (χ3v) is 4.87. The van der Waals surface area contributed by atoms with E-state index in [1.165, 1.54) is 22.3 Å². The first-order valence-electron chi connectivity index (χ1n) is 6.34. The quantitative estimate of drug-likeness (QED) is 0.778. The molecule has 2 aliphatic heterocycles. The van der Waals surface area contributed by atoms with E-state index in [9.17, 15) is 0 Å². The van der Waals surface area contributed by atoms with Crippen molar-refractivity contribution in [2.75, 3.05) is 0 Å². The molecule has 0 amide bonds. The molecule has 2 heterocycles. The van der Waals surface area contributed by atoms with E-state index in [-0.39, 0.29) is 5.54 Å². The monoisotopic (exact) mass is 299 g/mol. The topological polar surface area (TPSA) is 12.0 Å². The van der Waals surface area contributed by atoms with E-state index in [1.54, 1.807) is 0 Å². The van der Waals surface area contributed by atoms with Gasteiger partial charge in [0.05, 0.1) is 5.54 Å². The van der Waals surface area contributed by atoms with Crippen molar-refractivity contribution in [1.82, 2.24) is 5.32 Å². The van der Waals surface area contributed by atoms with Crippen molar-refractivity contribution in [3.63, 3.8) is 0 Å². The molecule has 0 saturated heterocycles. The SMILES string of the molecule is CC12NC(Cc3ccc(Br)cc31)c1ccccc12. The largest absolute Gasteiger partial charge is 0.297 e. The molecule has 0 spiro atoms. The van der Waals surface area contributed by atoms with Gasteiger partial charge < -0.3 is 0 Å². The van der Waals surface area contributed by atoms with Crippen LogP contribution < -0.4 is 5.32 Å². The Morgan fingerprint density at radius 2 is 2.00 bits per heavy atom. The average Bonchev–Trinajstić information content (AvgIpc) is 2.62. The number of nitrogens with one attached hydrogen (secondary N) is 1. The van der Waals surface area contributed by atoms with Gasteiger partial charge in [-0.05, 0) is 47.7 Å². The first-order valence-corrected chi connectivity index (χ1v) is 7.14. The Hall–Kier alpha value is -1.12. The maximum Gasteiger partial charge on any atom is 0.0673 e. The van der Waals surface area contributed by atoms with Crippen LogP contribution in [0.1, 0.15) is 35.2 Å². The number of rotatable bonds is 0. The molecule has 18 heavy (non-hydrogen) atoms. The van der Waals surface area contributed by atoms with Crippen LogP contribution in [0.25, 0.3) is 0 Å². The Morgan fingerprint density at radius 1 is 1.17 bits per heavy atom. The molecule has 2 bridgehead atoms. The molecule has 0 fully saturated rings. The molecule has 90 valence electrons. The smallest absolute Gasteiger partial charge is 0.0673 e. The van der Waals surface area contributed by atoms with Crippen molar-refractivity contribution in [3.8, 4) is 0 Å². The van der Waals surface area contributed by atoms with Gasteiger partial charge in [-0.25, -0.2) is 0 Å². The second kappa shape index (κ2) is 3.46. The minimum Gasteiger partial charge on any atom is -0.297 e. The van der Waals surface area contributed by atoms with Crippen molar-refractivity contribution in [1.29, 1.82) is 0 Å². The molecule has 2 heteroatoms. The van der Waals surface area contributed by atoms with E-state index < -0.39 is 0 Å². The summed E-state index contributed by atoms with van der Waals surface area (Å²) in [6.45, 7) is 2.30. The number of hydrogen-bond donors (Lipinski definition) is 1. The molecule has 2 atom stereocenters. The molecular formula is C16H14BrN. The third-order valence-electron chi connectivity index (χ3n) is 4.37. The van der Waals surface area contributed by atoms with E-state index in [0.29, 0.717) is 6.04 Å². The van der Waals surface area contributed by atoms with Gasteiger partial charge in [-0.1, -0.05) is 46.3 Å². The summed E-state index contributed by atoms with van der Waals surface area (Å²) in [7, 11) is 0. The maximum absolute atomic E-state index is 3.79. The summed E-state index contributed by atoms with van der Waals surface area (Å²) < 4.78 is 1.16. The minimum absolute atomic E-state index is 0.0291. The van der Waals surface area contributed by atoms with Crippen LogP contribution >= 0.6 is 15.9 Å². The van der Waals surface area contributed by atoms with Crippen LogP contribution in [-0.2, 0) is 12.0 Å². The fourth-order valence-electron chi connectivity index (χ4n) is 3.56. The van der Waals surface area contributed by atoms with Gasteiger partial charge in [0.15, 0.2) is 0 Å². The summed E-state index contributed by atoms with van der Waals surface area (Å²) in [5, 5.41) is 3.79. The van der Waals surface area contributed by atoms with Gasteiger partial charge >= 0.3 is 0 Å². The first-order chi connectivity index (χ1) is 8.68. The summed E-state index contributed by atoms with van der Waals surface area (Å²) in [4.78, 5) is 0. The molecule has 0 radical (unpaired) electrons. The van der Waals surface area contributed by atoms with Gasteiger partial charge in [-0.2, -0.15) is 0 Å². The second-order valence-electron chi connectivity index (χ2n) is 5.41. The van der Waals surface area contributed by atoms with Gasteiger partial charge in [-0.3, -0.25) is 5.32 Å². The van der Waals surface area contributed by atoms with Crippen LogP contribution in [-0.4, -0.2) is 0 Å². The van der Waals surface area contributed by atoms with Gasteiger partial charge in [0, 0.05) is 10.5 Å². The first kappa shape index (κ1) is 10.8. The Labute approximate surface area is 115 Å². The van der Waals surface area contributed by atoms with Crippen molar-refractivity contribution < 1.29 is 0 Å². The molecule has 4 rings (SSSR count). The Bertz CT molecular complexity index is 649. The van der Waals surface area contributed by atoms with Gasteiger partial charge in [0.25, 0.3) is 0 Å². The van der Waals surface area contributed by atoms with Gasteiger partial charge in [0.1, 0.15) is 0 Å². The lowest BCUT2D eigenvalue weighted by molar-refractivity contribution is 0.388. The molecule has 2 aromatic carbocycles. The Balaban J connectivity index is 2.04. The summed E-state index contributed by atoms with van der Waals surface area (Å²) in [5.74, 6) is 0. The lowest BCUT2D eigenvalue weighted by atomic mass is 9.82. The zero-order valence-corrected chi connectivity index (χ0v) is 11.8. The van der Waals surface area contributed by atoms with Crippen LogP contribution in [0.3, 0.4) is 0 Å². The Morgan fingerprint density at radius 3 is 2.89 bits per heavy atom. The predicted molar refractivity (Wildman–Crippen MR) is 76.6 cm³/mol. The number of halogens is 1. The summed E-state index contributed by atoms with van der Waals surface area (Å²) >= 11 is 3.60. The van der Waals surface area contributed by atoms with E-state index in [1.807, 2.05) is 0 Å². The highest BCUT2D eigenvalue weighted by atomic mass is 79.9. The molecular weight excluding hydrogens is 286 g/mol. The van der Waals surface area contributed by atoms with Crippen LogP contribution in [0, 0.1) is 0 Å². The van der Waals surface area contributed by atoms with E-state index in [2.05, 4.69) is 70.6 Å². The lowest BCUT2D eigenvalue weighted by Gasteiger charge is -2.34. The van der Waals surface area contributed by atoms with Crippen LogP contribution in [0.5, 0.6) is 0 Å². The minimum atomic E-state index is -0.0291. The van der Waals surface area contributed by atoms with Crippen molar-refractivity contribution >= 4 is 15.9 Å². The summed E-state index contributed by atoms with van der Waals surface area (Å²) in [6, 6.07) is 16.0. The molecule has 0 saturated carbocycles. The number of fused-ring (bicyclic) bond motifs is 7. The highest BCUT2D eigenvalue weighted by Crippen LogP contribution is 2.48. The van der Waals surface area contributed by atoms with Crippen LogP contribution in [0.4, 0.5) is 0 Å². The molecule has 1 nitrogen and oxygen atoms in total. The molecule has 2 aromatic rings. The zero-order valence-electron chi connectivity index (χ0n) is 10.2. The van der Waals surface area contributed by atoms with E-state index in [4.69, 9.17) is 0 Å². The normalized spacial score (nSPS) is 27.8. The van der Waals surface area contributed by atoms with Crippen LogP contribution in [0.2, 0.25) is 0 Å². The lowest BCUT2D eigenvalue weighted by Crippen LogP contribution is -2.41. The highest BCUT2D eigenvalue weighted by Gasteiger charge is 2.45. The van der Waals surface area contributed by atoms with E-state index >= 15 is 0 Å². The summed E-state index contributed by atoms with van der Waals surface area (Å²) in [6.07, 6.45) is 1.09. The zero-order chi connectivity index (χ0) is 12.3. The van der Waals surface area contributed by atoms with Crippen molar-refractivity contribution in [3.05, 3.63) is 69.2 Å². The average molecular weight is 300 g/mol. The van der Waals surface area contributed by atoms with Gasteiger partial charge in [-0.15, -0.1) is 0 Å². The van der Waals surface area contributed by atoms with Crippen LogP contribution in [0.15, 0.2) is 46.9 Å². The van der Waals surface area contributed by atoms with E-state index in [0.717, 1.165) is 10.9 Å². The Kier molecular flexibility index (Phi) is 2.07. The number of hydrogen-bond acceptors (Lipinski definition) is 1. The summed E-state index contributed by atoms with van der Waals surface area (Å²) in [5.41, 5.74) is 5.76. The molecule has 0 aromatic heterocycles. The van der Waals surface area contributed by atoms with Crippen molar-refractivity contribution in [2.24, 2.45) is 0 Å². The standard InChI is InChI=1S/C16H14BrN/c1-16-13-5-3-2-4-12(13)15(18-16)8-10-6-7-11(17)9-14(10)16/h2-7,9,15,18H,8H2,1H3. The van der Waals surface area contributed by atoms with Gasteiger partial charge in [0.2, 0.25) is 0 Å². The fourth-order valence-corrected chi connectivity index (χ4v) is 3.92. The molecule has 2 unspecified atom stereocenters. The molecule has 0 aliphatic carbocycles. The molecule has 1 N–H and O–H groups in total. The van der Waals surface area contributed by atoms with Crippen molar-refractivity contribution in [2.45, 2.75) is 24.9 Å². The highest BCUT2D eigenvalue weighted by molar-refractivity contribution is 9.10. The third kappa shape index (κ3) is 1.25. The predicted octanol–water partition coefficient (Wildman–Crippen LogP) is 3.91. The molecule has 2 aliphatic rings.